The van der Waals surface area contributed by atoms with E-state index in [-0.39, 0.29) is 5.92 Å². The van der Waals surface area contributed by atoms with Crippen molar-refractivity contribution in [1.29, 1.82) is 0 Å². The lowest BCUT2D eigenvalue weighted by atomic mass is 9.76. The van der Waals surface area contributed by atoms with Crippen LogP contribution in [0, 0.1) is 11.8 Å². The van der Waals surface area contributed by atoms with Crippen LogP contribution in [0.3, 0.4) is 0 Å². The van der Waals surface area contributed by atoms with Crippen LogP contribution >= 0.6 is 0 Å². The average molecular weight is 366 g/mol. The molecule has 1 unspecified atom stereocenters. The van der Waals surface area contributed by atoms with Crippen molar-refractivity contribution >= 4 is 17.5 Å². The first kappa shape index (κ1) is 18.7. The minimum absolute atomic E-state index is 0.360. The van der Waals surface area contributed by atoms with Gasteiger partial charge in [-0.05, 0) is 40.8 Å². The summed E-state index contributed by atoms with van der Waals surface area (Å²) in [6.45, 7) is 0. The predicted octanol–water partition coefficient (Wildman–Crippen LogP) is 3.26. The summed E-state index contributed by atoms with van der Waals surface area (Å²) in [5, 5.41) is 0. The maximum Gasteiger partial charge on any atom is 0.320 e. The molecule has 0 saturated heterocycles. The first-order valence-electron chi connectivity index (χ1n) is 8.69. The van der Waals surface area contributed by atoms with Gasteiger partial charge in [0, 0.05) is 5.92 Å². The van der Waals surface area contributed by atoms with Crippen molar-refractivity contribution in [1.82, 2.24) is 0 Å². The van der Waals surface area contributed by atoms with Crippen LogP contribution in [0.1, 0.15) is 16.7 Å². The van der Waals surface area contributed by atoms with Crippen molar-refractivity contribution in [3.8, 4) is 5.75 Å². The van der Waals surface area contributed by atoms with Gasteiger partial charge in [-0.25, -0.2) is 0 Å². The summed E-state index contributed by atoms with van der Waals surface area (Å²) in [5.74, 6) is -1.81. The first-order chi connectivity index (χ1) is 13.1. The van der Waals surface area contributed by atoms with Crippen molar-refractivity contribution in [2.45, 2.75) is 6.42 Å². The number of ether oxygens (including phenoxy) is 3. The number of hydrogen-bond acceptors (Lipinski definition) is 5. The molecule has 3 rings (SSSR count). The van der Waals surface area contributed by atoms with Crippen LogP contribution in [0.25, 0.3) is 5.57 Å². The van der Waals surface area contributed by atoms with Crippen molar-refractivity contribution in [3.63, 3.8) is 0 Å². The van der Waals surface area contributed by atoms with E-state index in [4.69, 9.17) is 14.2 Å². The number of fused-ring (bicyclic) bond motifs is 1. The molecule has 0 N–H and O–H groups in total. The Kier molecular flexibility index (Phi) is 5.60. The molecular formula is C22H22O5. The molecule has 0 saturated carbocycles. The Bertz CT molecular complexity index is 868. The molecule has 0 spiro atoms. The van der Waals surface area contributed by atoms with Crippen molar-refractivity contribution in [3.05, 3.63) is 71.3 Å². The second-order valence-electron chi connectivity index (χ2n) is 6.36. The quantitative estimate of drug-likeness (QED) is 0.600. The lowest BCUT2D eigenvalue weighted by Crippen LogP contribution is -2.35. The van der Waals surface area contributed by atoms with Gasteiger partial charge in [-0.2, -0.15) is 0 Å². The van der Waals surface area contributed by atoms with E-state index in [9.17, 15) is 9.59 Å². The normalized spacial score (nSPS) is 15.6. The Morgan fingerprint density at radius 3 is 2.33 bits per heavy atom. The standard InChI is InChI=1S/C22H22O5/c1-25-17-9-6-8-15(12-17)19-13-16(11-14-7-4-5-10-18(14)19)20(21(23)26-2)22(24)27-3/h4-10,12-13,16,20H,11H2,1-3H3. The van der Waals surface area contributed by atoms with Crippen LogP contribution in [-0.2, 0) is 25.5 Å². The van der Waals surface area contributed by atoms with Gasteiger partial charge in [0.05, 0.1) is 21.3 Å². The molecule has 2 aromatic rings. The largest absolute Gasteiger partial charge is 0.497 e. The van der Waals surface area contributed by atoms with E-state index in [0.29, 0.717) is 6.42 Å². The summed E-state index contributed by atoms with van der Waals surface area (Å²) in [6, 6.07) is 15.7. The Hall–Kier alpha value is -3.08. The highest BCUT2D eigenvalue weighted by molar-refractivity contribution is 5.96. The second kappa shape index (κ2) is 8.08. The fourth-order valence-corrected chi connectivity index (χ4v) is 3.53. The second-order valence-corrected chi connectivity index (χ2v) is 6.36. The van der Waals surface area contributed by atoms with Crippen molar-refractivity contribution in [2.75, 3.05) is 21.3 Å². The van der Waals surface area contributed by atoms with Crippen LogP contribution in [0.5, 0.6) is 5.75 Å². The number of carbonyl (C=O) groups excluding carboxylic acids is 2. The molecule has 0 heterocycles. The maximum absolute atomic E-state index is 12.3. The molecule has 27 heavy (non-hydrogen) atoms. The van der Waals surface area contributed by atoms with Gasteiger partial charge in [0.25, 0.3) is 0 Å². The molecule has 140 valence electrons. The first-order valence-corrected chi connectivity index (χ1v) is 8.69. The van der Waals surface area contributed by atoms with Gasteiger partial charge in [-0.3, -0.25) is 9.59 Å². The summed E-state index contributed by atoms with van der Waals surface area (Å²) in [6.07, 6.45) is 2.52. The van der Waals surface area contributed by atoms with E-state index in [0.717, 1.165) is 28.0 Å². The Balaban J connectivity index is 2.12. The highest BCUT2D eigenvalue weighted by Gasteiger charge is 2.38. The zero-order chi connectivity index (χ0) is 19.4. The average Bonchev–Trinajstić information content (AvgIpc) is 2.72. The molecule has 1 atom stereocenters. The fourth-order valence-electron chi connectivity index (χ4n) is 3.53. The predicted molar refractivity (Wildman–Crippen MR) is 101 cm³/mol. The van der Waals surface area contributed by atoms with Crippen molar-refractivity contribution in [2.24, 2.45) is 11.8 Å². The van der Waals surface area contributed by atoms with Crippen LogP contribution < -0.4 is 4.74 Å². The molecule has 0 bridgehead atoms. The topological polar surface area (TPSA) is 61.8 Å². The molecular weight excluding hydrogens is 344 g/mol. The molecule has 0 aliphatic heterocycles. The van der Waals surface area contributed by atoms with Crippen LogP contribution in [0.15, 0.2) is 54.6 Å². The monoisotopic (exact) mass is 366 g/mol. The number of carbonyl (C=O) groups is 2. The molecule has 1 aliphatic rings. The highest BCUT2D eigenvalue weighted by atomic mass is 16.5. The molecule has 0 radical (unpaired) electrons. The Labute approximate surface area is 158 Å². The fraction of sp³-hybridized carbons (Fsp3) is 0.273. The van der Waals surface area contributed by atoms with Gasteiger partial charge < -0.3 is 14.2 Å². The van der Waals surface area contributed by atoms with Crippen molar-refractivity contribution < 1.29 is 23.8 Å². The van der Waals surface area contributed by atoms with E-state index in [1.54, 1.807) is 7.11 Å². The lowest BCUT2D eigenvalue weighted by Gasteiger charge is -2.28. The Morgan fingerprint density at radius 2 is 1.67 bits per heavy atom. The number of hydrogen-bond donors (Lipinski definition) is 0. The van der Waals surface area contributed by atoms with Gasteiger partial charge in [-0.1, -0.05) is 42.5 Å². The van der Waals surface area contributed by atoms with E-state index < -0.39 is 17.9 Å². The van der Waals surface area contributed by atoms with Gasteiger partial charge in [0.15, 0.2) is 5.92 Å². The third-order valence-corrected chi connectivity index (χ3v) is 4.86. The zero-order valence-corrected chi connectivity index (χ0v) is 15.6. The van der Waals surface area contributed by atoms with Gasteiger partial charge in [0.2, 0.25) is 0 Å². The molecule has 1 aliphatic carbocycles. The molecule has 0 amide bonds. The number of esters is 2. The van der Waals surface area contributed by atoms with Gasteiger partial charge >= 0.3 is 11.9 Å². The molecule has 0 fully saturated rings. The van der Waals surface area contributed by atoms with E-state index in [2.05, 4.69) is 0 Å². The summed E-state index contributed by atoms with van der Waals surface area (Å²) in [7, 11) is 4.18. The summed E-state index contributed by atoms with van der Waals surface area (Å²) in [4.78, 5) is 24.6. The number of benzene rings is 2. The third-order valence-electron chi connectivity index (χ3n) is 4.86. The maximum atomic E-state index is 12.3. The highest BCUT2D eigenvalue weighted by Crippen LogP contribution is 2.38. The number of allylic oxidation sites excluding steroid dienone is 1. The minimum Gasteiger partial charge on any atom is -0.497 e. The summed E-state index contributed by atoms with van der Waals surface area (Å²) < 4.78 is 15.1. The van der Waals surface area contributed by atoms with Gasteiger partial charge in [0.1, 0.15) is 5.75 Å². The minimum atomic E-state index is -1.01. The lowest BCUT2D eigenvalue weighted by molar-refractivity contribution is -0.160. The number of rotatable bonds is 5. The molecule has 5 heteroatoms. The molecule has 2 aromatic carbocycles. The van der Waals surface area contributed by atoms with Crippen LogP contribution in [0.2, 0.25) is 0 Å². The van der Waals surface area contributed by atoms with E-state index >= 15 is 0 Å². The number of methoxy groups -OCH3 is 3. The molecule has 5 nitrogen and oxygen atoms in total. The Morgan fingerprint density at radius 1 is 0.963 bits per heavy atom. The third kappa shape index (κ3) is 3.72. The SMILES string of the molecule is COC(=O)C(C(=O)OC)C1C=C(c2cccc(OC)c2)c2ccccc2C1. The van der Waals surface area contributed by atoms with Crippen LogP contribution in [0.4, 0.5) is 0 Å². The summed E-state index contributed by atoms with van der Waals surface area (Å²) in [5.41, 5.74) is 4.06. The smallest absolute Gasteiger partial charge is 0.320 e. The zero-order valence-electron chi connectivity index (χ0n) is 15.6. The summed E-state index contributed by atoms with van der Waals surface area (Å²) >= 11 is 0. The van der Waals surface area contributed by atoms with E-state index in [1.807, 2.05) is 54.6 Å². The molecule has 0 aromatic heterocycles. The van der Waals surface area contributed by atoms with Crippen LogP contribution in [-0.4, -0.2) is 33.3 Å². The van der Waals surface area contributed by atoms with E-state index in [1.165, 1.54) is 14.2 Å². The van der Waals surface area contributed by atoms with Gasteiger partial charge in [-0.15, -0.1) is 0 Å².